The molecule has 7 heteroatoms. The highest BCUT2D eigenvalue weighted by atomic mass is 16.4. The van der Waals surface area contributed by atoms with Gasteiger partial charge < -0.3 is 20.8 Å². The molecule has 1 aromatic rings. The second kappa shape index (κ2) is 7.84. The van der Waals surface area contributed by atoms with Gasteiger partial charge in [0.2, 0.25) is 5.91 Å². The third-order valence-corrected chi connectivity index (χ3v) is 5.02. The minimum Gasteiger partial charge on any atom is -0.480 e. The number of carbonyl (C=O) groups is 2. The lowest BCUT2D eigenvalue weighted by atomic mass is 9.89. The van der Waals surface area contributed by atoms with Crippen LogP contribution in [0.25, 0.3) is 0 Å². The van der Waals surface area contributed by atoms with Crippen LogP contribution in [0.2, 0.25) is 0 Å². The lowest BCUT2D eigenvalue weighted by molar-refractivity contribution is -0.138. The van der Waals surface area contributed by atoms with E-state index in [9.17, 15) is 14.7 Å². The lowest BCUT2D eigenvalue weighted by Crippen LogP contribution is -2.49. The Hall–Kier alpha value is -2.12. The van der Waals surface area contributed by atoms with E-state index in [0.717, 1.165) is 31.6 Å². The molecule has 0 aromatic heterocycles. The number of carboxylic acid groups (broad SMARTS) is 1. The van der Waals surface area contributed by atoms with Crippen molar-refractivity contribution in [3.63, 3.8) is 0 Å². The van der Waals surface area contributed by atoms with E-state index >= 15 is 0 Å². The first-order valence-electron chi connectivity index (χ1n) is 8.80. The number of aliphatic carboxylic acids is 1. The average molecular weight is 347 g/mol. The van der Waals surface area contributed by atoms with Crippen molar-refractivity contribution in [2.45, 2.75) is 43.9 Å². The number of carbonyl (C=O) groups excluding carboxylic acids is 1. The zero-order valence-corrected chi connectivity index (χ0v) is 14.1. The van der Waals surface area contributed by atoms with Crippen LogP contribution in [-0.2, 0) is 9.59 Å². The quantitative estimate of drug-likeness (QED) is 0.633. The number of hydrogen-bond acceptors (Lipinski definition) is 5. The molecule has 2 aliphatic heterocycles. The summed E-state index contributed by atoms with van der Waals surface area (Å²) in [5, 5.41) is 24.0. The second-order valence-electron chi connectivity index (χ2n) is 6.86. The molecule has 2 saturated heterocycles. The molecule has 0 aliphatic carbocycles. The summed E-state index contributed by atoms with van der Waals surface area (Å²) in [6.45, 7) is 1.73. The number of hydrogen-bond donors (Lipinski definition) is 4. The van der Waals surface area contributed by atoms with Gasteiger partial charge in [-0.25, -0.2) is 0 Å². The third-order valence-electron chi connectivity index (χ3n) is 5.02. The first-order chi connectivity index (χ1) is 12.0. The topological polar surface area (TPSA) is 102 Å². The maximum atomic E-state index is 11.9. The van der Waals surface area contributed by atoms with Crippen molar-refractivity contribution in [3.8, 4) is 0 Å². The highest BCUT2D eigenvalue weighted by Crippen LogP contribution is 2.29. The zero-order chi connectivity index (χ0) is 17.8. The van der Waals surface area contributed by atoms with E-state index in [1.54, 1.807) is 0 Å². The summed E-state index contributed by atoms with van der Waals surface area (Å²) in [6.07, 6.45) is 2.35. The van der Waals surface area contributed by atoms with Crippen LogP contribution in [-0.4, -0.2) is 58.9 Å². The summed E-state index contributed by atoms with van der Waals surface area (Å²) in [7, 11) is 0. The van der Waals surface area contributed by atoms with Crippen molar-refractivity contribution in [1.82, 2.24) is 10.2 Å². The Balaban J connectivity index is 1.52. The number of anilines is 1. The predicted molar refractivity (Wildman–Crippen MR) is 93.3 cm³/mol. The van der Waals surface area contributed by atoms with Gasteiger partial charge in [-0.05, 0) is 62.4 Å². The Morgan fingerprint density at radius 3 is 2.44 bits per heavy atom. The van der Waals surface area contributed by atoms with Crippen molar-refractivity contribution in [1.29, 1.82) is 0 Å². The van der Waals surface area contributed by atoms with Gasteiger partial charge in [-0.1, -0.05) is 12.1 Å². The van der Waals surface area contributed by atoms with Gasteiger partial charge in [0, 0.05) is 5.69 Å². The van der Waals surface area contributed by atoms with Gasteiger partial charge >= 0.3 is 5.97 Å². The fourth-order valence-corrected chi connectivity index (χ4v) is 3.60. The number of aliphatic hydroxyl groups is 1. The summed E-state index contributed by atoms with van der Waals surface area (Å²) in [6, 6.07) is 7.81. The molecule has 1 aromatic carbocycles. The summed E-state index contributed by atoms with van der Waals surface area (Å²) in [4.78, 5) is 24.6. The number of likely N-dealkylation sites (tertiary alicyclic amines) is 1. The van der Waals surface area contributed by atoms with Gasteiger partial charge in [-0.2, -0.15) is 0 Å². The van der Waals surface area contributed by atoms with E-state index in [2.05, 4.69) is 22.8 Å². The Labute approximate surface area is 147 Å². The van der Waals surface area contributed by atoms with Crippen LogP contribution in [0.15, 0.2) is 24.3 Å². The molecule has 1 amide bonds. The monoisotopic (exact) mass is 347 g/mol. The van der Waals surface area contributed by atoms with E-state index in [4.69, 9.17) is 5.11 Å². The van der Waals surface area contributed by atoms with E-state index < -0.39 is 12.2 Å². The number of benzene rings is 1. The predicted octanol–water partition coefficient (Wildman–Crippen LogP) is 0.960. The SMILES string of the molecule is O=C(O)CN1CCC(c2ccc(N[C@H]3CCC(O)NC3=O)cc2)CC1. The number of carboxylic acids is 1. The van der Waals surface area contributed by atoms with Crippen LogP contribution in [0.3, 0.4) is 0 Å². The second-order valence-corrected chi connectivity index (χ2v) is 6.86. The summed E-state index contributed by atoms with van der Waals surface area (Å²) in [5.41, 5.74) is 2.15. The molecule has 0 radical (unpaired) electrons. The number of rotatable bonds is 5. The summed E-state index contributed by atoms with van der Waals surface area (Å²) in [5.74, 6) is -0.492. The molecular formula is C18H25N3O4. The van der Waals surface area contributed by atoms with Gasteiger partial charge in [0.05, 0.1) is 6.54 Å². The van der Waals surface area contributed by atoms with Crippen LogP contribution in [0.4, 0.5) is 5.69 Å². The minimum atomic E-state index is -0.770. The van der Waals surface area contributed by atoms with Gasteiger partial charge in [-0.3, -0.25) is 14.5 Å². The van der Waals surface area contributed by atoms with E-state index in [1.165, 1.54) is 5.56 Å². The van der Waals surface area contributed by atoms with Crippen LogP contribution >= 0.6 is 0 Å². The fraction of sp³-hybridized carbons (Fsp3) is 0.556. The molecule has 4 N–H and O–H groups in total. The average Bonchev–Trinajstić information content (AvgIpc) is 2.58. The van der Waals surface area contributed by atoms with Crippen molar-refractivity contribution in [3.05, 3.63) is 29.8 Å². The molecule has 25 heavy (non-hydrogen) atoms. The molecule has 2 atom stereocenters. The minimum absolute atomic E-state index is 0.119. The summed E-state index contributed by atoms with van der Waals surface area (Å²) < 4.78 is 0. The van der Waals surface area contributed by atoms with Gasteiger partial charge in [0.1, 0.15) is 12.3 Å². The molecular weight excluding hydrogens is 322 g/mol. The number of amides is 1. The first-order valence-corrected chi connectivity index (χ1v) is 8.80. The smallest absolute Gasteiger partial charge is 0.317 e. The molecule has 2 heterocycles. The lowest BCUT2D eigenvalue weighted by Gasteiger charge is -2.31. The molecule has 0 saturated carbocycles. The van der Waals surface area contributed by atoms with Gasteiger partial charge in [-0.15, -0.1) is 0 Å². The van der Waals surface area contributed by atoms with Crippen molar-refractivity contribution >= 4 is 17.6 Å². The number of aliphatic hydroxyl groups excluding tert-OH is 1. The highest BCUT2D eigenvalue weighted by molar-refractivity contribution is 5.85. The third kappa shape index (κ3) is 4.70. The van der Waals surface area contributed by atoms with Crippen molar-refractivity contribution in [2.24, 2.45) is 0 Å². The Morgan fingerprint density at radius 1 is 1.16 bits per heavy atom. The van der Waals surface area contributed by atoms with E-state index in [1.807, 2.05) is 17.0 Å². The number of piperidine rings is 2. The largest absolute Gasteiger partial charge is 0.480 e. The number of nitrogens with one attached hydrogen (secondary N) is 2. The van der Waals surface area contributed by atoms with Gasteiger partial charge in [0.25, 0.3) is 0 Å². The molecule has 0 bridgehead atoms. The summed E-state index contributed by atoms with van der Waals surface area (Å²) >= 11 is 0. The zero-order valence-electron chi connectivity index (χ0n) is 14.1. The maximum absolute atomic E-state index is 11.9. The molecule has 136 valence electrons. The first kappa shape index (κ1) is 17.7. The van der Waals surface area contributed by atoms with Crippen LogP contribution < -0.4 is 10.6 Å². The van der Waals surface area contributed by atoms with Crippen molar-refractivity contribution < 1.29 is 19.8 Å². The molecule has 2 fully saturated rings. The van der Waals surface area contributed by atoms with E-state index in [0.29, 0.717) is 18.8 Å². The Bertz CT molecular complexity index is 611. The molecule has 7 nitrogen and oxygen atoms in total. The Kier molecular flexibility index (Phi) is 5.55. The maximum Gasteiger partial charge on any atom is 0.317 e. The van der Waals surface area contributed by atoms with Crippen molar-refractivity contribution in [2.75, 3.05) is 25.0 Å². The molecule has 2 aliphatic rings. The molecule has 1 unspecified atom stereocenters. The molecule has 0 spiro atoms. The fourth-order valence-electron chi connectivity index (χ4n) is 3.60. The van der Waals surface area contributed by atoms with Crippen LogP contribution in [0.5, 0.6) is 0 Å². The number of nitrogens with zero attached hydrogens (tertiary/aromatic N) is 1. The highest BCUT2D eigenvalue weighted by Gasteiger charge is 2.26. The normalized spacial score (nSPS) is 25.4. The van der Waals surface area contributed by atoms with Gasteiger partial charge in [0.15, 0.2) is 0 Å². The molecule has 3 rings (SSSR count). The Morgan fingerprint density at radius 2 is 1.84 bits per heavy atom. The van der Waals surface area contributed by atoms with Crippen LogP contribution in [0.1, 0.15) is 37.2 Å². The van der Waals surface area contributed by atoms with Crippen LogP contribution in [0, 0.1) is 0 Å². The standard InChI is InChI=1S/C18H25N3O4/c22-16-6-5-15(18(25)20-16)19-14-3-1-12(2-4-14)13-7-9-21(10-8-13)11-17(23)24/h1-4,13,15-16,19,22H,5-11H2,(H,20,25)(H,23,24)/t15-,16?/m0/s1. The van der Waals surface area contributed by atoms with E-state index in [-0.39, 0.29) is 18.5 Å².